The molecular formula is C28H28FN5O2. The Morgan fingerprint density at radius 1 is 1.22 bits per heavy atom. The van der Waals surface area contributed by atoms with Gasteiger partial charge >= 0.3 is 0 Å². The van der Waals surface area contributed by atoms with Gasteiger partial charge in [-0.1, -0.05) is 24.3 Å². The van der Waals surface area contributed by atoms with Crippen LogP contribution in [0.4, 0.5) is 10.1 Å². The second-order valence-electron chi connectivity index (χ2n) is 9.41. The number of imidazole rings is 1. The molecule has 1 fully saturated rings. The number of hydrogen-bond acceptors (Lipinski definition) is 5. The SMILES string of the molecule is [C-]#[N+]c1ccc(-c2nc(OC[C@@H]3CCCN(C)C3)c3cncn3c2-c2cc(C)c(CO)c(F)c2)cc1. The standard InChI is InChI=1S/C28H28FN5O2/c1-18-11-21(12-24(29)23(18)15-35)27-26(20-6-8-22(30-2)9-7-20)32-28(25-13-31-17-34(25)27)36-16-19-5-4-10-33(3)14-19/h6-9,11-13,17,19,35H,4-5,10,14-16H2,1,3H3/t19-/m1/s1. The van der Waals surface area contributed by atoms with Gasteiger partial charge in [0.25, 0.3) is 0 Å². The van der Waals surface area contributed by atoms with Crippen LogP contribution in [0.2, 0.25) is 0 Å². The lowest BCUT2D eigenvalue weighted by Gasteiger charge is -2.29. The van der Waals surface area contributed by atoms with E-state index in [-0.39, 0.29) is 12.2 Å². The van der Waals surface area contributed by atoms with Crippen molar-refractivity contribution in [3.05, 3.63) is 77.3 Å². The Balaban J connectivity index is 1.66. The summed E-state index contributed by atoms with van der Waals surface area (Å²) < 4.78 is 23.1. The number of aliphatic hydroxyl groups excluding tert-OH is 1. The van der Waals surface area contributed by atoms with Gasteiger partial charge in [0, 0.05) is 23.6 Å². The van der Waals surface area contributed by atoms with Crippen molar-refractivity contribution in [1.82, 2.24) is 19.3 Å². The van der Waals surface area contributed by atoms with Crippen molar-refractivity contribution in [2.45, 2.75) is 26.4 Å². The number of likely N-dealkylation sites (tertiary alicyclic amines) is 1. The number of benzene rings is 2. The summed E-state index contributed by atoms with van der Waals surface area (Å²) in [6.07, 6.45) is 5.64. The minimum Gasteiger partial charge on any atom is -0.476 e. The van der Waals surface area contributed by atoms with E-state index >= 15 is 0 Å². The third kappa shape index (κ3) is 4.55. The highest BCUT2D eigenvalue weighted by molar-refractivity contribution is 5.83. The van der Waals surface area contributed by atoms with E-state index in [1.807, 2.05) is 22.6 Å². The number of aryl methyl sites for hydroxylation is 1. The molecule has 8 heteroatoms. The number of piperidine rings is 1. The summed E-state index contributed by atoms with van der Waals surface area (Å²) in [7, 11) is 2.13. The maximum Gasteiger partial charge on any atom is 0.240 e. The molecule has 0 saturated carbocycles. The molecular weight excluding hydrogens is 457 g/mol. The molecule has 0 unspecified atom stereocenters. The van der Waals surface area contributed by atoms with Crippen molar-refractivity contribution < 1.29 is 14.2 Å². The van der Waals surface area contributed by atoms with Gasteiger partial charge in [-0.2, -0.15) is 0 Å². The lowest BCUT2D eigenvalue weighted by Crippen LogP contribution is -2.34. The Morgan fingerprint density at radius 3 is 2.72 bits per heavy atom. The number of rotatable bonds is 6. The van der Waals surface area contributed by atoms with Gasteiger partial charge in [0.05, 0.1) is 43.7 Å². The molecule has 184 valence electrons. The second-order valence-corrected chi connectivity index (χ2v) is 9.41. The van der Waals surface area contributed by atoms with Gasteiger partial charge in [-0.05, 0) is 56.6 Å². The van der Waals surface area contributed by atoms with Crippen LogP contribution < -0.4 is 4.74 Å². The molecule has 4 aromatic rings. The number of ether oxygens (including phenoxy) is 1. The highest BCUT2D eigenvalue weighted by Gasteiger charge is 2.22. The van der Waals surface area contributed by atoms with Crippen molar-refractivity contribution >= 4 is 11.2 Å². The Morgan fingerprint density at radius 2 is 2.03 bits per heavy atom. The first-order chi connectivity index (χ1) is 17.5. The zero-order chi connectivity index (χ0) is 25.2. The Bertz CT molecular complexity index is 1420. The molecule has 1 aliphatic heterocycles. The first-order valence-corrected chi connectivity index (χ1v) is 12.0. The minimum absolute atomic E-state index is 0.272. The fourth-order valence-electron chi connectivity index (χ4n) is 4.95. The van der Waals surface area contributed by atoms with Gasteiger partial charge in [-0.3, -0.25) is 4.40 Å². The van der Waals surface area contributed by atoms with E-state index in [0.717, 1.165) is 31.5 Å². The molecule has 3 heterocycles. The van der Waals surface area contributed by atoms with E-state index in [2.05, 4.69) is 21.8 Å². The summed E-state index contributed by atoms with van der Waals surface area (Å²) in [5.41, 5.74) is 4.79. The quantitative estimate of drug-likeness (QED) is 0.377. The van der Waals surface area contributed by atoms with Crippen molar-refractivity contribution in [2.75, 3.05) is 26.7 Å². The van der Waals surface area contributed by atoms with Crippen molar-refractivity contribution in [1.29, 1.82) is 0 Å². The second kappa shape index (κ2) is 10.1. The number of aromatic nitrogens is 3. The molecule has 0 radical (unpaired) electrons. The van der Waals surface area contributed by atoms with Gasteiger partial charge in [0.15, 0.2) is 5.69 Å². The zero-order valence-electron chi connectivity index (χ0n) is 20.4. The normalized spacial score (nSPS) is 16.2. The van der Waals surface area contributed by atoms with E-state index in [9.17, 15) is 9.50 Å². The van der Waals surface area contributed by atoms with Crippen molar-refractivity contribution in [2.24, 2.45) is 5.92 Å². The van der Waals surface area contributed by atoms with Crippen molar-refractivity contribution in [3.8, 4) is 28.4 Å². The Kier molecular flexibility index (Phi) is 6.68. The molecule has 0 spiro atoms. The van der Waals surface area contributed by atoms with Crippen LogP contribution >= 0.6 is 0 Å². The number of halogens is 1. The van der Waals surface area contributed by atoms with Crippen LogP contribution in [0.25, 0.3) is 32.9 Å². The third-order valence-corrected chi connectivity index (χ3v) is 6.83. The van der Waals surface area contributed by atoms with E-state index in [0.29, 0.717) is 52.1 Å². The van der Waals surface area contributed by atoms with Gasteiger partial charge in [-0.25, -0.2) is 19.2 Å². The molecule has 1 atom stereocenters. The maximum atomic E-state index is 14.9. The van der Waals surface area contributed by atoms with Crippen LogP contribution in [-0.2, 0) is 6.61 Å². The minimum atomic E-state index is -0.475. The highest BCUT2D eigenvalue weighted by atomic mass is 19.1. The predicted molar refractivity (Wildman–Crippen MR) is 136 cm³/mol. The average Bonchev–Trinajstić information content (AvgIpc) is 3.37. The Hall–Kier alpha value is -3.80. The molecule has 2 aromatic carbocycles. The Labute approximate surface area is 209 Å². The molecule has 0 aliphatic carbocycles. The zero-order valence-corrected chi connectivity index (χ0v) is 20.4. The van der Waals surface area contributed by atoms with Crippen LogP contribution in [0, 0.1) is 25.2 Å². The number of hydrogen-bond donors (Lipinski definition) is 1. The number of aliphatic hydroxyl groups is 1. The topological polar surface area (TPSA) is 67.2 Å². The molecule has 0 amide bonds. The van der Waals surface area contributed by atoms with Crippen molar-refractivity contribution in [3.63, 3.8) is 0 Å². The summed E-state index contributed by atoms with van der Waals surface area (Å²) in [5.74, 6) is 0.409. The fourth-order valence-corrected chi connectivity index (χ4v) is 4.95. The molecule has 36 heavy (non-hydrogen) atoms. The lowest BCUT2D eigenvalue weighted by atomic mass is 9.99. The number of fused-ring (bicyclic) bond motifs is 1. The fraction of sp³-hybridized carbons (Fsp3) is 0.321. The molecule has 1 saturated heterocycles. The molecule has 7 nitrogen and oxygen atoms in total. The third-order valence-electron chi connectivity index (χ3n) is 6.83. The first-order valence-electron chi connectivity index (χ1n) is 12.0. The van der Waals surface area contributed by atoms with E-state index in [1.54, 1.807) is 31.6 Å². The molecule has 5 rings (SSSR count). The van der Waals surface area contributed by atoms with E-state index in [1.165, 1.54) is 6.07 Å². The van der Waals surface area contributed by atoms with Crippen LogP contribution in [0.5, 0.6) is 5.88 Å². The molecule has 0 bridgehead atoms. The monoisotopic (exact) mass is 485 g/mol. The van der Waals surface area contributed by atoms with Crippen LogP contribution in [0.1, 0.15) is 24.0 Å². The number of nitrogens with zero attached hydrogens (tertiary/aromatic N) is 5. The van der Waals surface area contributed by atoms with Crippen LogP contribution in [0.3, 0.4) is 0 Å². The maximum absolute atomic E-state index is 14.9. The summed E-state index contributed by atoms with van der Waals surface area (Å²) in [6.45, 7) is 11.3. The lowest BCUT2D eigenvalue weighted by molar-refractivity contribution is 0.148. The van der Waals surface area contributed by atoms with E-state index in [4.69, 9.17) is 16.3 Å². The largest absolute Gasteiger partial charge is 0.476 e. The van der Waals surface area contributed by atoms with E-state index < -0.39 is 5.82 Å². The smallest absolute Gasteiger partial charge is 0.240 e. The van der Waals surface area contributed by atoms with Gasteiger partial charge in [0.1, 0.15) is 11.3 Å². The summed E-state index contributed by atoms with van der Waals surface area (Å²) in [4.78, 5) is 15.1. The summed E-state index contributed by atoms with van der Waals surface area (Å²) >= 11 is 0. The van der Waals surface area contributed by atoms with Crippen LogP contribution in [0.15, 0.2) is 48.9 Å². The molecule has 1 N–H and O–H groups in total. The predicted octanol–water partition coefficient (Wildman–Crippen LogP) is 5.27. The first kappa shape index (κ1) is 23.9. The van der Waals surface area contributed by atoms with Gasteiger partial charge in [0.2, 0.25) is 5.88 Å². The summed E-state index contributed by atoms with van der Waals surface area (Å²) in [6, 6.07) is 10.4. The van der Waals surface area contributed by atoms with Gasteiger partial charge in [-0.15, -0.1) is 0 Å². The molecule has 1 aliphatic rings. The van der Waals surface area contributed by atoms with Gasteiger partial charge < -0.3 is 14.7 Å². The molecule has 2 aromatic heterocycles. The summed E-state index contributed by atoms with van der Waals surface area (Å²) in [5, 5.41) is 9.59. The average molecular weight is 486 g/mol. The highest BCUT2D eigenvalue weighted by Crippen LogP contribution is 2.37. The van der Waals surface area contributed by atoms with Crippen LogP contribution in [-0.4, -0.2) is 51.1 Å².